The van der Waals surface area contributed by atoms with Crippen molar-refractivity contribution >= 4 is 70.7 Å². The number of amides is 9. The zero-order valence-corrected chi connectivity index (χ0v) is 58.6. The number of H-pyrrole nitrogens is 1. The third kappa shape index (κ3) is 30.9. The maximum Gasteiger partial charge on any atom is 0.245 e. The van der Waals surface area contributed by atoms with Crippen LogP contribution in [0.3, 0.4) is 0 Å². The molecule has 0 bridgehead atoms. The Hall–Kier alpha value is -7.92. The first-order valence-corrected chi connectivity index (χ1v) is 36.0. The van der Waals surface area contributed by atoms with E-state index >= 15 is 0 Å². The molecule has 0 radical (unpaired) electrons. The highest BCUT2D eigenvalue weighted by atomic mass is 32.2. The van der Waals surface area contributed by atoms with Gasteiger partial charge in [0, 0.05) is 37.6 Å². The fourth-order valence-electron chi connectivity index (χ4n) is 11.0. The Labute approximate surface area is 572 Å². The minimum absolute atomic E-state index is 0.0115. The van der Waals surface area contributed by atoms with E-state index in [0.29, 0.717) is 29.9 Å². The molecule has 1 aromatic heterocycles. The van der Waals surface area contributed by atoms with Gasteiger partial charge in [-0.3, -0.25) is 47.9 Å². The minimum atomic E-state index is -1.55. The molecule has 0 saturated heterocycles. The van der Waals surface area contributed by atoms with Gasteiger partial charge >= 0.3 is 0 Å². The highest BCUT2D eigenvalue weighted by Gasteiger charge is 2.37. The Morgan fingerprint density at radius 2 is 0.885 bits per heavy atom. The SMILES string of the molecule is CCCCCCCCCCCCCCCC(=O)N[C@@H](Cc1cnc[nH]1)C(=O)N[C@@H](CO)C(=O)N[C@@H](CC(C)C)C(=O)N[C@H](C(=O)N[C@@H](Cc1ccccc1)C(=O)N[C@@H](CCSC)C(=O)N[C@@H](C)C(=O)N[C@@H](Cc1ccccc1)C(=O)N[C@@H](Cc1ccccc1)C(C)=O)[C@@H](C)CC. The first-order chi connectivity index (χ1) is 46.2. The maximum atomic E-state index is 14.7. The van der Waals surface area contributed by atoms with Crippen molar-refractivity contribution in [3.05, 3.63) is 126 Å². The summed E-state index contributed by atoms with van der Waals surface area (Å²) in [6.45, 7) is 11.4. The minimum Gasteiger partial charge on any atom is -0.394 e. The van der Waals surface area contributed by atoms with Crippen molar-refractivity contribution in [3.63, 3.8) is 0 Å². The molecule has 96 heavy (non-hydrogen) atoms. The first kappa shape index (κ1) is 80.5. The smallest absolute Gasteiger partial charge is 0.245 e. The van der Waals surface area contributed by atoms with E-state index < -0.39 is 114 Å². The van der Waals surface area contributed by atoms with E-state index in [4.69, 9.17) is 0 Å². The normalized spacial score (nSPS) is 14.4. The maximum absolute atomic E-state index is 14.7. The standard InChI is InChI=1S/C73H109N11O11S/c1-9-11-12-13-14-15-16-17-18-19-20-21-31-38-64(87)77-62(45-56-46-74-48-75-56)70(92)83-63(47-85)72(94)81-59(41-49(3)4)71(93)84-65(50(5)10-2)73(95)82-61(44-55-36-29-24-30-37-55)68(90)78-57(39-40-96-8)67(89)76-51(6)66(88)80-60(43-54-34-27-23-28-35-54)69(91)79-58(52(7)86)42-53-32-25-22-26-33-53/h22-30,32-37,46,48-51,57-63,65,85H,9-21,31,38-45,47H2,1-8H3,(H,74,75)(H,76,89)(H,77,87)(H,78,90)(H,79,91)(H,80,88)(H,81,94)(H,82,95)(H,83,92)(H,84,93)/t50-,51-,57-,58-,59-,60-,61-,62-,63-,65-/m0/s1. The number of carbonyl (C=O) groups excluding carboxylic acids is 10. The first-order valence-electron chi connectivity index (χ1n) is 34.6. The Morgan fingerprint density at radius 3 is 1.34 bits per heavy atom. The van der Waals surface area contributed by atoms with Crippen LogP contribution in [0.4, 0.5) is 0 Å². The number of carbonyl (C=O) groups is 10. The third-order valence-corrected chi connectivity index (χ3v) is 17.6. The molecule has 3 aromatic carbocycles. The topological polar surface area (TPSA) is 328 Å². The van der Waals surface area contributed by atoms with Gasteiger partial charge in [-0.15, -0.1) is 0 Å². The molecule has 0 unspecified atom stereocenters. The molecule has 528 valence electrons. The molecule has 4 aromatic rings. The summed E-state index contributed by atoms with van der Waals surface area (Å²) in [7, 11) is 0. The van der Waals surface area contributed by atoms with E-state index in [1.165, 1.54) is 89.5 Å². The van der Waals surface area contributed by atoms with Crippen LogP contribution in [0.25, 0.3) is 0 Å². The fourth-order valence-corrected chi connectivity index (χ4v) is 11.5. The number of nitrogens with zero attached hydrogens (tertiary/aromatic N) is 1. The van der Waals surface area contributed by atoms with Gasteiger partial charge in [0.1, 0.15) is 48.3 Å². The third-order valence-electron chi connectivity index (χ3n) is 17.0. The van der Waals surface area contributed by atoms with Crippen LogP contribution >= 0.6 is 11.8 Å². The van der Waals surface area contributed by atoms with Crippen LogP contribution < -0.4 is 47.9 Å². The number of nitrogens with one attached hydrogen (secondary N) is 10. The second-order valence-electron chi connectivity index (χ2n) is 25.6. The van der Waals surface area contributed by atoms with Crippen molar-refractivity contribution in [2.24, 2.45) is 11.8 Å². The van der Waals surface area contributed by atoms with E-state index in [9.17, 15) is 53.1 Å². The highest BCUT2D eigenvalue weighted by Crippen LogP contribution is 2.17. The number of thioether (sulfide) groups is 1. The van der Waals surface area contributed by atoms with Crippen LogP contribution in [0.5, 0.6) is 0 Å². The summed E-state index contributed by atoms with van der Waals surface area (Å²) < 4.78 is 0. The summed E-state index contributed by atoms with van der Waals surface area (Å²) in [5, 5.41) is 35.4. The number of unbranched alkanes of at least 4 members (excludes halogenated alkanes) is 12. The van der Waals surface area contributed by atoms with Crippen molar-refractivity contribution in [2.75, 3.05) is 18.6 Å². The molecule has 23 heteroatoms. The van der Waals surface area contributed by atoms with Gasteiger partial charge in [0.2, 0.25) is 53.2 Å². The van der Waals surface area contributed by atoms with Gasteiger partial charge in [-0.1, -0.05) is 209 Å². The van der Waals surface area contributed by atoms with E-state index in [2.05, 4.69) is 64.7 Å². The predicted octanol–water partition coefficient (Wildman–Crippen LogP) is 6.97. The number of hydrogen-bond donors (Lipinski definition) is 11. The van der Waals surface area contributed by atoms with Crippen molar-refractivity contribution in [2.45, 2.75) is 238 Å². The molecule has 9 amide bonds. The molecule has 1 heterocycles. The van der Waals surface area contributed by atoms with Crippen LogP contribution in [0, 0.1) is 11.8 Å². The van der Waals surface area contributed by atoms with E-state index in [1.807, 2.05) is 63.4 Å². The lowest BCUT2D eigenvalue weighted by atomic mass is 9.95. The van der Waals surface area contributed by atoms with Crippen molar-refractivity contribution in [1.82, 2.24) is 57.8 Å². The molecule has 10 atom stereocenters. The number of hydrogen-bond acceptors (Lipinski definition) is 13. The largest absolute Gasteiger partial charge is 0.394 e. The predicted molar refractivity (Wildman–Crippen MR) is 376 cm³/mol. The van der Waals surface area contributed by atoms with Crippen LogP contribution in [0.2, 0.25) is 0 Å². The van der Waals surface area contributed by atoms with E-state index in [0.717, 1.165) is 36.8 Å². The average molecular weight is 1350 g/mol. The molecule has 11 N–H and O–H groups in total. The van der Waals surface area contributed by atoms with Crippen LogP contribution in [-0.4, -0.2) is 147 Å². The molecular weight excluding hydrogens is 1240 g/mol. The van der Waals surface area contributed by atoms with Crippen LogP contribution in [0.15, 0.2) is 104 Å². The fraction of sp³-hybridized carbons (Fsp3) is 0.575. The molecule has 0 aliphatic carbocycles. The molecule has 0 fully saturated rings. The molecule has 0 aliphatic heterocycles. The summed E-state index contributed by atoms with van der Waals surface area (Å²) in [5.74, 6) is -6.80. The lowest BCUT2D eigenvalue weighted by Gasteiger charge is -2.30. The number of ketones is 1. The zero-order chi connectivity index (χ0) is 70.2. The summed E-state index contributed by atoms with van der Waals surface area (Å²) >= 11 is 1.42. The van der Waals surface area contributed by atoms with Crippen molar-refractivity contribution in [1.29, 1.82) is 0 Å². The van der Waals surface area contributed by atoms with Gasteiger partial charge in [-0.05, 0) is 80.1 Å². The molecule has 4 rings (SSSR count). The summed E-state index contributed by atoms with van der Waals surface area (Å²) in [4.78, 5) is 147. The Morgan fingerprint density at radius 1 is 0.469 bits per heavy atom. The molecule has 0 aliphatic rings. The molecular formula is C73H109N11O11S. The quantitative estimate of drug-likeness (QED) is 0.0199. The van der Waals surface area contributed by atoms with E-state index in [1.54, 1.807) is 61.5 Å². The van der Waals surface area contributed by atoms with Crippen LogP contribution in [0.1, 0.15) is 180 Å². The number of rotatable bonds is 48. The molecule has 22 nitrogen and oxygen atoms in total. The Bertz CT molecular complexity index is 2980. The lowest BCUT2D eigenvalue weighted by Crippen LogP contribution is -2.62. The summed E-state index contributed by atoms with van der Waals surface area (Å²) in [5.41, 5.74) is 2.76. The summed E-state index contributed by atoms with van der Waals surface area (Å²) in [6.07, 6.45) is 20.8. The highest BCUT2D eigenvalue weighted by molar-refractivity contribution is 7.98. The lowest BCUT2D eigenvalue weighted by molar-refractivity contribution is -0.136. The van der Waals surface area contributed by atoms with Crippen LogP contribution in [-0.2, 0) is 73.6 Å². The second kappa shape index (κ2) is 45.5. The Balaban J connectivity index is 1.45. The number of imidazole rings is 1. The number of aliphatic hydroxyl groups is 1. The molecule has 0 saturated carbocycles. The monoisotopic (exact) mass is 1350 g/mol. The van der Waals surface area contributed by atoms with E-state index in [-0.39, 0.29) is 62.6 Å². The van der Waals surface area contributed by atoms with Crippen molar-refractivity contribution < 1.29 is 53.1 Å². The van der Waals surface area contributed by atoms with Gasteiger partial charge in [-0.2, -0.15) is 11.8 Å². The molecule has 0 spiro atoms. The van der Waals surface area contributed by atoms with Gasteiger partial charge < -0.3 is 57.9 Å². The van der Waals surface area contributed by atoms with Gasteiger partial charge in [0.15, 0.2) is 5.78 Å². The number of benzene rings is 3. The number of aliphatic hydroxyl groups excluding tert-OH is 1. The van der Waals surface area contributed by atoms with Gasteiger partial charge in [0.25, 0.3) is 0 Å². The number of aromatic nitrogens is 2. The van der Waals surface area contributed by atoms with Gasteiger partial charge in [-0.25, -0.2) is 4.98 Å². The number of aromatic amines is 1. The zero-order valence-electron chi connectivity index (χ0n) is 57.8. The summed E-state index contributed by atoms with van der Waals surface area (Å²) in [6, 6.07) is 16.1. The number of Topliss-reactive ketones (excluding diaryl/α,β-unsaturated/α-hetero) is 1. The van der Waals surface area contributed by atoms with Crippen molar-refractivity contribution in [3.8, 4) is 0 Å². The Kier molecular flexibility index (Phi) is 38.2. The second-order valence-corrected chi connectivity index (χ2v) is 26.6. The van der Waals surface area contributed by atoms with Gasteiger partial charge in [0.05, 0.1) is 19.0 Å². The average Bonchev–Trinajstić information content (AvgIpc) is 0.971.